The van der Waals surface area contributed by atoms with Gasteiger partial charge in [-0.3, -0.25) is 9.59 Å². The summed E-state index contributed by atoms with van der Waals surface area (Å²) >= 11 is 0. The second-order valence-corrected chi connectivity index (χ2v) is 14.1. The molecule has 1 aliphatic rings. The van der Waals surface area contributed by atoms with Crippen LogP contribution in [0.5, 0.6) is 0 Å². The van der Waals surface area contributed by atoms with Crippen LogP contribution in [0.3, 0.4) is 0 Å². The highest BCUT2D eigenvalue weighted by Gasteiger charge is 2.44. The minimum atomic E-state index is -1.60. The number of esters is 2. The number of ether oxygens (including phenoxy) is 4. The first-order valence-electron chi connectivity index (χ1n) is 20.7. The van der Waals surface area contributed by atoms with Crippen molar-refractivity contribution >= 4 is 11.9 Å². The van der Waals surface area contributed by atoms with E-state index in [4.69, 9.17) is 18.9 Å². The molecule has 0 aromatic carbocycles. The summed E-state index contributed by atoms with van der Waals surface area (Å²) in [5.41, 5.74) is 0. The lowest BCUT2D eigenvalue weighted by atomic mass is 9.99. The second kappa shape index (κ2) is 34.2. The van der Waals surface area contributed by atoms with Crippen LogP contribution in [0.4, 0.5) is 0 Å². The van der Waals surface area contributed by atoms with E-state index in [2.05, 4.69) is 62.5 Å². The minimum Gasteiger partial charge on any atom is -0.462 e. The molecular weight excluding hydrogens is 676 g/mol. The van der Waals surface area contributed by atoms with Crippen molar-refractivity contribution in [2.24, 2.45) is 0 Å². The van der Waals surface area contributed by atoms with E-state index in [0.29, 0.717) is 12.8 Å². The first-order chi connectivity index (χ1) is 25.8. The molecule has 10 nitrogen and oxygen atoms in total. The zero-order valence-electron chi connectivity index (χ0n) is 33.0. The van der Waals surface area contributed by atoms with Crippen molar-refractivity contribution in [1.82, 2.24) is 0 Å². The molecule has 306 valence electrons. The lowest BCUT2D eigenvalue weighted by Crippen LogP contribution is -2.59. The topological polar surface area (TPSA) is 152 Å². The smallest absolute Gasteiger partial charge is 0.306 e. The van der Waals surface area contributed by atoms with Crippen molar-refractivity contribution in [3.63, 3.8) is 0 Å². The van der Waals surface area contributed by atoms with Crippen LogP contribution in [0.2, 0.25) is 0 Å². The second-order valence-electron chi connectivity index (χ2n) is 14.1. The van der Waals surface area contributed by atoms with Gasteiger partial charge in [-0.25, -0.2) is 0 Å². The summed E-state index contributed by atoms with van der Waals surface area (Å²) < 4.78 is 22.1. The van der Waals surface area contributed by atoms with Crippen molar-refractivity contribution < 1.29 is 49.0 Å². The van der Waals surface area contributed by atoms with Gasteiger partial charge in [0, 0.05) is 12.8 Å². The Bertz CT molecular complexity index is 1010. The molecule has 53 heavy (non-hydrogen) atoms. The normalized spacial score (nSPS) is 21.4. The van der Waals surface area contributed by atoms with Gasteiger partial charge in [-0.05, 0) is 70.6 Å². The van der Waals surface area contributed by atoms with Gasteiger partial charge >= 0.3 is 11.9 Å². The van der Waals surface area contributed by atoms with Gasteiger partial charge in [-0.1, -0.05) is 120 Å². The maximum absolute atomic E-state index is 12.7. The molecular formula is C43H74O10. The first-order valence-corrected chi connectivity index (χ1v) is 20.7. The molecule has 0 spiro atoms. The highest BCUT2D eigenvalue weighted by molar-refractivity contribution is 5.70. The van der Waals surface area contributed by atoms with Crippen molar-refractivity contribution in [3.05, 3.63) is 48.6 Å². The molecule has 4 N–H and O–H groups in total. The van der Waals surface area contributed by atoms with Crippen LogP contribution in [-0.4, -0.2) is 89.0 Å². The van der Waals surface area contributed by atoms with Crippen molar-refractivity contribution in [2.75, 3.05) is 19.8 Å². The van der Waals surface area contributed by atoms with E-state index >= 15 is 0 Å². The molecule has 2 unspecified atom stereocenters. The lowest BCUT2D eigenvalue weighted by molar-refractivity contribution is -0.305. The summed E-state index contributed by atoms with van der Waals surface area (Å²) in [6.07, 6.45) is 31.2. The molecule has 1 fully saturated rings. The molecule has 0 aromatic heterocycles. The molecule has 0 amide bonds. The van der Waals surface area contributed by atoms with Gasteiger partial charge in [0.15, 0.2) is 12.4 Å². The van der Waals surface area contributed by atoms with Crippen LogP contribution in [0.15, 0.2) is 48.6 Å². The van der Waals surface area contributed by atoms with Gasteiger partial charge in [-0.15, -0.1) is 0 Å². The highest BCUT2D eigenvalue weighted by Crippen LogP contribution is 2.22. The molecule has 0 radical (unpaired) electrons. The summed E-state index contributed by atoms with van der Waals surface area (Å²) in [6.45, 7) is 3.25. The predicted molar refractivity (Wildman–Crippen MR) is 210 cm³/mol. The molecule has 1 aliphatic heterocycles. The fourth-order valence-electron chi connectivity index (χ4n) is 5.90. The van der Waals surface area contributed by atoms with E-state index < -0.39 is 55.4 Å². The fourth-order valence-corrected chi connectivity index (χ4v) is 5.90. The van der Waals surface area contributed by atoms with Crippen molar-refractivity contribution in [3.8, 4) is 0 Å². The lowest BCUT2D eigenvalue weighted by Gasteiger charge is -2.39. The number of rotatable bonds is 33. The van der Waals surface area contributed by atoms with Crippen LogP contribution in [-0.2, 0) is 28.5 Å². The average molecular weight is 751 g/mol. The molecule has 0 aromatic rings. The number of hydrogen-bond donors (Lipinski definition) is 4. The average Bonchev–Trinajstić information content (AvgIpc) is 3.15. The first kappa shape index (κ1) is 48.7. The summed E-state index contributed by atoms with van der Waals surface area (Å²) in [6, 6.07) is 0. The molecule has 10 heteroatoms. The standard InChI is InChI=1S/C43H74O10/c1-3-5-7-9-11-13-15-17-18-20-21-23-25-27-29-31-38(45)50-34-36(35-51-43-42(49)41(48)40(47)37(33-44)53-43)52-39(46)32-30-28-26-24-22-19-16-14-12-10-8-6-4-2/h5,7,11,13,17-19,22,36-37,40-44,47-49H,3-4,6,8-10,12,14-16,20-21,23-35H2,1-2H3/b7-5+,13-11+,18-17+,22-19+/t36-,37-,40+,41?,42?,43-/m0/s1. The van der Waals surface area contributed by atoms with Gasteiger partial charge in [-0.2, -0.15) is 0 Å². The van der Waals surface area contributed by atoms with Crippen LogP contribution in [0.25, 0.3) is 0 Å². The minimum absolute atomic E-state index is 0.204. The third-order valence-corrected chi connectivity index (χ3v) is 9.20. The maximum atomic E-state index is 12.7. The zero-order chi connectivity index (χ0) is 38.8. The third kappa shape index (κ3) is 26.2. The number of carbonyl (C=O) groups excluding carboxylic acids is 2. The predicted octanol–water partition coefficient (Wildman–Crippen LogP) is 8.10. The summed E-state index contributed by atoms with van der Waals surface area (Å²) in [7, 11) is 0. The number of hydrogen-bond acceptors (Lipinski definition) is 10. The fraction of sp³-hybridized carbons (Fsp3) is 0.767. The number of aliphatic hydroxyl groups excluding tert-OH is 4. The Balaban J connectivity index is 2.39. The molecule has 1 rings (SSSR count). The van der Waals surface area contributed by atoms with Gasteiger partial charge in [0.2, 0.25) is 0 Å². The number of unbranched alkanes of at least 4 members (excludes halogenated alkanes) is 14. The van der Waals surface area contributed by atoms with Gasteiger partial charge in [0.05, 0.1) is 13.2 Å². The quantitative estimate of drug-likeness (QED) is 0.0294. The van der Waals surface area contributed by atoms with E-state index in [-0.39, 0.29) is 26.1 Å². The Morgan fingerprint density at radius 2 is 1.11 bits per heavy atom. The zero-order valence-corrected chi connectivity index (χ0v) is 33.0. The summed E-state index contributed by atoms with van der Waals surface area (Å²) in [4.78, 5) is 25.2. The van der Waals surface area contributed by atoms with Crippen LogP contribution < -0.4 is 0 Å². The largest absolute Gasteiger partial charge is 0.462 e. The van der Waals surface area contributed by atoms with Gasteiger partial charge in [0.25, 0.3) is 0 Å². The van der Waals surface area contributed by atoms with Crippen molar-refractivity contribution in [2.45, 2.75) is 192 Å². The summed E-state index contributed by atoms with van der Waals surface area (Å²) in [5.74, 6) is -0.849. The molecule has 6 atom stereocenters. The highest BCUT2D eigenvalue weighted by atomic mass is 16.7. The van der Waals surface area contributed by atoms with Gasteiger partial charge < -0.3 is 39.4 Å². The number of carbonyl (C=O) groups is 2. The Hall–Kier alpha value is -2.34. The Kier molecular flexibility index (Phi) is 31.4. The van der Waals surface area contributed by atoms with Crippen molar-refractivity contribution in [1.29, 1.82) is 0 Å². The van der Waals surface area contributed by atoms with E-state index in [1.54, 1.807) is 0 Å². The molecule has 1 saturated heterocycles. The summed E-state index contributed by atoms with van der Waals surface area (Å²) in [5, 5.41) is 40.0. The van der Waals surface area contributed by atoms with Crippen LogP contribution in [0, 0.1) is 0 Å². The molecule has 0 aliphatic carbocycles. The monoisotopic (exact) mass is 751 g/mol. The van der Waals surface area contributed by atoms with Crippen LogP contribution in [0.1, 0.15) is 155 Å². The van der Waals surface area contributed by atoms with Crippen LogP contribution >= 0.6 is 0 Å². The van der Waals surface area contributed by atoms with E-state index in [9.17, 15) is 30.0 Å². The van der Waals surface area contributed by atoms with E-state index in [1.807, 2.05) is 0 Å². The SMILES string of the molecule is CC/C=C/C/C=C/C/C=C/CCCCCCCC(=O)OC[C@@H](CO[C@H]1O[C@@H](CO)[C@@H](O)C(O)C1O)OC(=O)CCCCC/C=C/CCCCCCCC. The molecule has 0 saturated carbocycles. The third-order valence-electron chi connectivity index (χ3n) is 9.20. The molecule has 0 bridgehead atoms. The number of allylic oxidation sites excluding steroid dienone is 8. The van der Waals surface area contributed by atoms with E-state index in [0.717, 1.165) is 77.0 Å². The maximum Gasteiger partial charge on any atom is 0.306 e. The van der Waals surface area contributed by atoms with Gasteiger partial charge in [0.1, 0.15) is 31.0 Å². The Labute approximate surface area is 320 Å². The molecule has 1 heterocycles. The Morgan fingerprint density at radius 1 is 0.604 bits per heavy atom. The number of aliphatic hydroxyl groups is 4. The van der Waals surface area contributed by atoms with E-state index in [1.165, 1.54) is 38.5 Å². The Morgan fingerprint density at radius 3 is 1.72 bits per heavy atom.